The number of carbonyl (C=O) groups is 1. The predicted molar refractivity (Wildman–Crippen MR) is 37.6 cm³/mol. The lowest BCUT2D eigenvalue weighted by Crippen LogP contribution is -2.38. The van der Waals surface area contributed by atoms with Gasteiger partial charge in [-0.05, 0) is 22.9 Å². The van der Waals surface area contributed by atoms with Gasteiger partial charge in [-0.2, -0.15) is 0 Å². The topological polar surface area (TPSA) is 77.8 Å². The zero-order chi connectivity index (χ0) is 8.31. The molecule has 0 spiro atoms. The Bertz CT molecular complexity index is 125. The van der Waals surface area contributed by atoms with E-state index in [1.54, 1.807) is 0 Å². The average molecular weight is 213 g/mol. The summed E-state index contributed by atoms with van der Waals surface area (Å²) in [5.41, 5.74) is 0. The zero-order valence-electron chi connectivity index (χ0n) is 5.36. The van der Waals surface area contributed by atoms with Crippen LogP contribution in [-0.4, -0.2) is 38.3 Å². The first-order chi connectivity index (χ1) is 4.46. The van der Waals surface area contributed by atoms with Gasteiger partial charge in [0.1, 0.15) is 6.10 Å². The van der Waals surface area contributed by atoms with Gasteiger partial charge in [0.15, 0.2) is 6.10 Å². The fourth-order valence-corrected chi connectivity index (χ4v) is 0.669. The first-order valence-corrected chi connectivity index (χ1v) is 3.49. The average Bonchev–Trinajstić information content (AvgIpc) is 1.84. The highest BCUT2D eigenvalue weighted by Crippen LogP contribution is 2.03. The van der Waals surface area contributed by atoms with E-state index in [1.165, 1.54) is 6.92 Å². The molecule has 0 saturated heterocycles. The summed E-state index contributed by atoms with van der Waals surface area (Å²) in [6, 6.07) is 0. The van der Waals surface area contributed by atoms with Crippen LogP contribution in [0.5, 0.6) is 0 Å². The van der Waals surface area contributed by atoms with Crippen LogP contribution in [0.1, 0.15) is 6.92 Å². The third-order valence-corrected chi connectivity index (χ3v) is 1.52. The smallest absolute Gasteiger partial charge is 0.228 e. The summed E-state index contributed by atoms with van der Waals surface area (Å²) < 4.78 is -0.735. The first kappa shape index (κ1) is 10.0. The van der Waals surface area contributed by atoms with E-state index in [2.05, 4.69) is 15.9 Å². The molecule has 0 heterocycles. The third-order valence-electron chi connectivity index (χ3n) is 1.05. The van der Waals surface area contributed by atoms with Crippen LogP contribution in [0, 0.1) is 0 Å². The zero-order valence-corrected chi connectivity index (χ0v) is 6.95. The van der Waals surface area contributed by atoms with Crippen LogP contribution in [0.25, 0.3) is 0 Å². The Hall–Kier alpha value is 0.0300. The van der Waals surface area contributed by atoms with Crippen LogP contribution in [0.15, 0.2) is 0 Å². The van der Waals surface area contributed by atoms with E-state index in [0.29, 0.717) is 0 Å². The Labute approximate surface area is 66.6 Å². The molecular formula is C5H9BrO4. The fraction of sp³-hybridized carbons (Fsp3) is 0.800. The van der Waals surface area contributed by atoms with E-state index in [1.807, 2.05) is 0 Å². The fourth-order valence-electron chi connectivity index (χ4n) is 0.398. The van der Waals surface area contributed by atoms with Crippen molar-refractivity contribution in [2.75, 3.05) is 0 Å². The van der Waals surface area contributed by atoms with Crippen molar-refractivity contribution >= 4 is 20.6 Å². The van der Waals surface area contributed by atoms with E-state index < -0.39 is 23.0 Å². The summed E-state index contributed by atoms with van der Waals surface area (Å²) >= 11 is 2.45. The molecule has 0 bridgehead atoms. The Kier molecular flexibility index (Phi) is 4.04. The Morgan fingerprint density at radius 2 is 1.80 bits per heavy atom. The Balaban J connectivity index is 3.94. The molecule has 0 radical (unpaired) electrons. The van der Waals surface area contributed by atoms with Crippen molar-refractivity contribution in [1.29, 1.82) is 0 Å². The van der Waals surface area contributed by atoms with Gasteiger partial charge in [-0.3, -0.25) is 4.79 Å². The highest BCUT2D eigenvalue weighted by atomic mass is 79.9. The molecule has 3 unspecified atom stereocenters. The SMILES string of the molecule is CC(O)C(O)C(O)C(=O)Br. The molecule has 0 aliphatic rings. The van der Waals surface area contributed by atoms with Crippen molar-refractivity contribution < 1.29 is 20.1 Å². The van der Waals surface area contributed by atoms with Crippen LogP contribution in [0.2, 0.25) is 0 Å². The van der Waals surface area contributed by atoms with Gasteiger partial charge in [-0.25, -0.2) is 0 Å². The van der Waals surface area contributed by atoms with Gasteiger partial charge in [0, 0.05) is 0 Å². The van der Waals surface area contributed by atoms with E-state index in [-0.39, 0.29) is 0 Å². The van der Waals surface area contributed by atoms with Gasteiger partial charge >= 0.3 is 0 Å². The van der Waals surface area contributed by atoms with Gasteiger partial charge < -0.3 is 15.3 Å². The summed E-state index contributed by atoms with van der Waals surface area (Å²) in [6.07, 6.45) is -4.09. The summed E-state index contributed by atoms with van der Waals surface area (Å²) in [4.78, 5) is 10.3. The Morgan fingerprint density at radius 1 is 1.40 bits per heavy atom. The maximum absolute atomic E-state index is 10.3. The maximum atomic E-state index is 10.3. The summed E-state index contributed by atoms with van der Waals surface area (Å²) in [5, 5.41) is 26.2. The monoisotopic (exact) mass is 212 g/mol. The van der Waals surface area contributed by atoms with Gasteiger partial charge in [-0.15, -0.1) is 0 Å². The van der Waals surface area contributed by atoms with Gasteiger partial charge in [0.2, 0.25) is 4.69 Å². The summed E-state index contributed by atoms with van der Waals surface area (Å²) in [6.45, 7) is 1.28. The third kappa shape index (κ3) is 2.74. The highest BCUT2D eigenvalue weighted by molar-refractivity contribution is 9.18. The van der Waals surface area contributed by atoms with Crippen molar-refractivity contribution in [3.63, 3.8) is 0 Å². The predicted octanol–water partition coefficient (Wildman–Crippen LogP) is -0.990. The molecule has 4 nitrogen and oxygen atoms in total. The lowest BCUT2D eigenvalue weighted by molar-refractivity contribution is -0.127. The molecule has 0 aliphatic carbocycles. The second kappa shape index (κ2) is 4.02. The molecule has 0 fully saturated rings. The minimum Gasteiger partial charge on any atom is -0.391 e. The number of carbonyl (C=O) groups excluding carboxylic acids is 1. The van der Waals surface area contributed by atoms with Crippen LogP contribution in [0.3, 0.4) is 0 Å². The minimum absolute atomic E-state index is 0.735. The Morgan fingerprint density at radius 3 is 1.90 bits per heavy atom. The molecule has 0 aliphatic heterocycles. The lowest BCUT2D eigenvalue weighted by Gasteiger charge is -2.16. The molecule has 60 valence electrons. The van der Waals surface area contributed by atoms with Crippen LogP contribution < -0.4 is 0 Å². The van der Waals surface area contributed by atoms with Crippen LogP contribution in [-0.2, 0) is 4.79 Å². The largest absolute Gasteiger partial charge is 0.391 e. The number of halogens is 1. The number of hydrogen-bond acceptors (Lipinski definition) is 4. The molecule has 0 rings (SSSR count). The molecule has 0 saturated carbocycles. The number of hydrogen-bond donors (Lipinski definition) is 3. The van der Waals surface area contributed by atoms with E-state index in [4.69, 9.17) is 15.3 Å². The molecular weight excluding hydrogens is 204 g/mol. The van der Waals surface area contributed by atoms with E-state index >= 15 is 0 Å². The number of aliphatic hydroxyl groups excluding tert-OH is 3. The summed E-state index contributed by atoms with van der Waals surface area (Å²) in [7, 11) is 0. The molecule has 3 N–H and O–H groups in total. The van der Waals surface area contributed by atoms with Crippen molar-refractivity contribution in [2.24, 2.45) is 0 Å². The second-order valence-corrected chi connectivity index (χ2v) is 2.76. The molecule has 10 heavy (non-hydrogen) atoms. The van der Waals surface area contributed by atoms with Crippen molar-refractivity contribution in [3.8, 4) is 0 Å². The molecule has 0 aromatic rings. The molecule has 5 heteroatoms. The minimum atomic E-state index is -1.56. The van der Waals surface area contributed by atoms with Crippen LogP contribution in [0.4, 0.5) is 0 Å². The molecule has 3 atom stereocenters. The standard InChI is InChI=1S/C5H9BrO4/c1-2(7)3(8)4(9)5(6)10/h2-4,7-9H,1H3. The quantitative estimate of drug-likeness (QED) is 0.526. The van der Waals surface area contributed by atoms with Crippen molar-refractivity contribution in [2.45, 2.75) is 25.2 Å². The molecule has 0 aromatic heterocycles. The van der Waals surface area contributed by atoms with Crippen LogP contribution >= 0.6 is 15.9 Å². The number of aliphatic hydroxyl groups is 3. The van der Waals surface area contributed by atoms with Crippen molar-refractivity contribution in [1.82, 2.24) is 0 Å². The maximum Gasteiger partial charge on any atom is 0.228 e. The number of rotatable bonds is 3. The summed E-state index contributed by atoms with van der Waals surface area (Å²) in [5.74, 6) is 0. The molecule has 0 amide bonds. The van der Waals surface area contributed by atoms with E-state index in [0.717, 1.165) is 0 Å². The van der Waals surface area contributed by atoms with Gasteiger partial charge in [-0.1, -0.05) is 0 Å². The normalized spacial score (nSPS) is 19.7. The first-order valence-electron chi connectivity index (χ1n) is 2.70. The van der Waals surface area contributed by atoms with Crippen molar-refractivity contribution in [3.05, 3.63) is 0 Å². The van der Waals surface area contributed by atoms with E-state index in [9.17, 15) is 4.79 Å². The van der Waals surface area contributed by atoms with Gasteiger partial charge in [0.05, 0.1) is 6.10 Å². The lowest BCUT2D eigenvalue weighted by atomic mass is 10.1. The highest BCUT2D eigenvalue weighted by Gasteiger charge is 2.25. The second-order valence-electron chi connectivity index (χ2n) is 1.98. The molecule has 0 aromatic carbocycles. The van der Waals surface area contributed by atoms with Gasteiger partial charge in [0.25, 0.3) is 0 Å².